The van der Waals surface area contributed by atoms with Gasteiger partial charge in [0.2, 0.25) is 0 Å². The third-order valence-electron chi connectivity index (χ3n) is 1.50. The molecule has 0 saturated carbocycles. The van der Waals surface area contributed by atoms with E-state index in [1.165, 1.54) is 12.3 Å². The van der Waals surface area contributed by atoms with Crippen LogP contribution in [0.1, 0.15) is 31.1 Å². The van der Waals surface area contributed by atoms with Gasteiger partial charge in [-0.15, -0.1) is 0 Å². The van der Waals surface area contributed by atoms with Gasteiger partial charge in [-0.05, 0) is 26.8 Å². The zero-order valence-corrected chi connectivity index (χ0v) is 9.63. The molecule has 1 heterocycles. The summed E-state index contributed by atoms with van der Waals surface area (Å²) >= 11 is 5.63. The number of rotatable bonds is 1. The van der Waals surface area contributed by atoms with E-state index in [2.05, 4.69) is 4.98 Å². The molecular weight excluding hydrogens is 216 g/mol. The molecule has 0 saturated heterocycles. The quantitative estimate of drug-likeness (QED) is 0.592. The molecule has 0 unspecified atom stereocenters. The summed E-state index contributed by atoms with van der Waals surface area (Å²) in [5.41, 5.74) is 5.55. The number of hydrogen-bond acceptors (Lipinski definition) is 4. The van der Waals surface area contributed by atoms with E-state index in [1.807, 2.05) is 0 Å². The van der Waals surface area contributed by atoms with Crippen LogP contribution in [0.4, 0.5) is 5.69 Å². The second kappa shape index (κ2) is 4.06. The standard InChI is InChI=1S/C10H13ClN2O2/c1-10(2,3)15-9(14)6-4-7(12)8(11)13-5-6/h4-5H,12H2,1-3H3. The highest BCUT2D eigenvalue weighted by atomic mass is 35.5. The average Bonchev–Trinajstić information content (AvgIpc) is 2.06. The maximum Gasteiger partial charge on any atom is 0.340 e. The van der Waals surface area contributed by atoms with Crippen LogP contribution in [0.25, 0.3) is 0 Å². The highest BCUT2D eigenvalue weighted by Crippen LogP contribution is 2.18. The van der Waals surface area contributed by atoms with Crippen LogP contribution in [-0.2, 0) is 4.74 Å². The maximum absolute atomic E-state index is 11.6. The Morgan fingerprint density at radius 3 is 2.60 bits per heavy atom. The van der Waals surface area contributed by atoms with Gasteiger partial charge in [-0.1, -0.05) is 11.6 Å². The highest BCUT2D eigenvalue weighted by Gasteiger charge is 2.18. The number of esters is 1. The van der Waals surface area contributed by atoms with Crippen molar-refractivity contribution in [1.29, 1.82) is 0 Å². The summed E-state index contributed by atoms with van der Waals surface area (Å²) in [6.07, 6.45) is 1.34. The number of nitrogen functional groups attached to an aromatic ring is 1. The molecule has 15 heavy (non-hydrogen) atoms. The first kappa shape index (κ1) is 11.8. The fourth-order valence-corrected chi connectivity index (χ4v) is 1.02. The van der Waals surface area contributed by atoms with Crippen molar-refractivity contribution >= 4 is 23.3 Å². The molecule has 0 aliphatic carbocycles. The van der Waals surface area contributed by atoms with E-state index in [0.29, 0.717) is 5.56 Å². The van der Waals surface area contributed by atoms with E-state index < -0.39 is 11.6 Å². The van der Waals surface area contributed by atoms with Gasteiger partial charge in [0, 0.05) is 6.20 Å². The van der Waals surface area contributed by atoms with E-state index in [1.54, 1.807) is 20.8 Å². The number of aromatic nitrogens is 1. The first-order valence-electron chi connectivity index (χ1n) is 4.44. The zero-order chi connectivity index (χ0) is 11.6. The summed E-state index contributed by atoms with van der Waals surface area (Å²) in [6.45, 7) is 5.37. The van der Waals surface area contributed by atoms with Crippen molar-refractivity contribution in [2.24, 2.45) is 0 Å². The molecule has 1 aromatic heterocycles. The molecule has 0 aromatic carbocycles. The summed E-state index contributed by atoms with van der Waals surface area (Å²) in [7, 11) is 0. The molecule has 0 radical (unpaired) electrons. The Kier molecular flexibility index (Phi) is 3.19. The lowest BCUT2D eigenvalue weighted by Gasteiger charge is -2.19. The normalized spacial score (nSPS) is 11.2. The maximum atomic E-state index is 11.6. The van der Waals surface area contributed by atoms with Gasteiger partial charge in [0.05, 0.1) is 11.3 Å². The molecule has 0 fully saturated rings. The van der Waals surface area contributed by atoms with Crippen molar-refractivity contribution in [2.45, 2.75) is 26.4 Å². The lowest BCUT2D eigenvalue weighted by atomic mass is 10.2. The Hall–Kier alpha value is -1.29. The molecule has 1 aromatic rings. The van der Waals surface area contributed by atoms with Crippen LogP contribution in [0.5, 0.6) is 0 Å². The summed E-state index contributed by atoms with van der Waals surface area (Å²) < 4.78 is 5.14. The van der Waals surface area contributed by atoms with Crippen LogP contribution in [0, 0.1) is 0 Å². The summed E-state index contributed by atoms with van der Waals surface area (Å²) in [5.74, 6) is -0.460. The molecule has 2 N–H and O–H groups in total. The molecule has 0 aliphatic heterocycles. The van der Waals surface area contributed by atoms with Gasteiger partial charge in [0.15, 0.2) is 5.15 Å². The van der Waals surface area contributed by atoms with E-state index in [4.69, 9.17) is 22.1 Å². The van der Waals surface area contributed by atoms with Crippen LogP contribution in [0.15, 0.2) is 12.3 Å². The van der Waals surface area contributed by atoms with Crippen LogP contribution in [0.2, 0.25) is 5.15 Å². The first-order valence-corrected chi connectivity index (χ1v) is 4.82. The Balaban J connectivity index is 2.88. The topological polar surface area (TPSA) is 65.2 Å². The number of ether oxygens (including phenoxy) is 1. The molecule has 0 atom stereocenters. The predicted molar refractivity (Wildman–Crippen MR) is 58.8 cm³/mol. The average molecular weight is 229 g/mol. The van der Waals surface area contributed by atoms with Gasteiger partial charge in [-0.2, -0.15) is 0 Å². The monoisotopic (exact) mass is 228 g/mol. The van der Waals surface area contributed by atoms with E-state index in [-0.39, 0.29) is 10.8 Å². The number of halogens is 1. The highest BCUT2D eigenvalue weighted by molar-refractivity contribution is 6.31. The Morgan fingerprint density at radius 2 is 2.13 bits per heavy atom. The second-order valence-corrected chi connectivity index (χ2v) is 4.46. The number of nitrogens with zero attached hydrogens (tertiary/aromatic N) is 1. The Bertz CT molecular complexity index is 385. The fourth-order valence-electron chi connectivity index (χ4n) is 0.914. The van der Waals surface area contributed by atoms with E-state index >= 15 is 0 Å². The van der Waals surface area contributed by atoms with Crippen molar-refractivity contribution in [3.63, 3.8) is 0 Å². The van der Waals surface area contributed by atoms with Crippen molar-refractivity contribution in [1.82, 2.24) is 4.98 Å². The Labute approximate surface area is 93.4 Å². The number of carbonyl (C=O) groups excluding carboxylic acids is 1. The largest absolute Gasteiger partial charge is 0.456 e. The van der Waals surface area contributed by atoms with Crippen molar-refractivity contribution in [2.75, 3.05) is 5.73 Å². The van der Waals surface area contributed by atoms with E-state index in [0.717, 1.165) is 0 Å². The molecule has 4 nitrogen and oxygen atoms in total. The summed E-state index contributed by atoms with van der Waals surface area (Å²) in [4.78, 5) is 15.3. The second-order valence-electron chi connectivity index (χ2n) is 4.11. The lowest BCUT2D eigenvalue weighted by Crippen LogP contribution is -2.24. The van der Waals surface area contributed by atoms with Gasteiger partial charge < -0.3 is 10.5 Å². The van der Waals surface area contributed by atoms with Crippen molar-refractivity contribution in [3.8, 4) is 0 Å². The lowest BCUT2D eigenvalue weighted by molar-refractivity contribution is 0.00692. The molecule has 0 aliphatic rings. The minimum atomic E-state index is -0.536. The van der Waals surface area contributed by atoms with Gasteiger partial charge in [0.1, 0.15) is 5.60 Å². The summed E-state index contributed by atoms with van der Waals surface area (Å²) in [5, 5.41) is 0.183. The molecule has 82 valence electrons. The number of carbonyl (C=O) groups is 1. The minimum absolute atomic E-state index is 0.183. The SMILES string of the molecule is CC(C)(C)OC(=O)c1cnc(Cl)c(N)c1. The van der Waals surface area contributed by atoms with Gasteiger partial charge in [0.25, 0.3) is 0 Å². The molecule has 5 heteroatoms. The number of pyridine rings is 1. The fraction of sp³-hybridized carbons (Fsp3) is 0.400. The van der Waals surface area contributed by atoms with Crippen LogP contribution in [0.3, 0.4) is 0 Å². The minimum Gasteiger partial charge on any atom is -0.456 e. The van der Waals surface area contributed by atoms with Crippen LogP contribution < -0.4 is 5.73 Å². The van der Waals surface area contributed by atoms with Gasteiger partial charge in [-0.25, -0.2) is 9.78 Å². The number of nitrogens with two attached hydrogens (primary N) is 1. The Morgan fingerprint density at radius 1 is 1.53 bits per heavy atom. The molecule has 1 rings (SSSR count). The number of hydrogen-bond donors (Lipinski definition) is 1. The molecule has 0 amide bonds. The molecule has 0 bridgehead atoms. The molecular formula is C10H13ClN2O2. The smallest absolute Gasteiger partial charge is 0.340 e. The predicted octanol–water partition coefficient (Wildman–Crippen LogP) is 2.27. The third-order valence-corrected chi connectivity index (χ3v) is 1.82. The van der Waals surface area contributed by atoms with E-state index in [9.17, 15) is 4.79 Å². The van der Waals surface area contributed by atoms with Gasteiger partial charge in [-0.3, -0.25) is 0 Å². The third kappa shape index (κ3) is 3.40. The van der Waals surface area contributed by atoms with Crippen LogP contribution >= 0.6 is 11.6 Å². The zero-order valence-electron chi connectivity index (χ0n) is 8.87. The first-order chi connectivity index (χ1) is 6.79. The van der Waals surface area contributed by atoms with Crippen molar-refractivity contribution in [3.05, 3.63) is 23.0 Å². The van der Waals surface area contributed by atoms with Gasteiger partial charge >= 0.3 is 5.97 Å². The molecule has 0 spiro atoms. The van der Waals surface area contributed by atoms with Crippen LogP contribution in [-0.4, -0.2) is 16.6 Å². The van der Waals surface area contributed by atoms with Crippen molar-refractivity contribution < 1.29 is 9.53 Å². The number of anilines is 1. The summed E-state index contributed by atoms with van der Waals surface area (Å²) in [6, 6.07) is 1.45.